The normalized spacial score (nSPS) is 12.4. The molecule has 0 fully saturated rings. The van der Waals surface area contributed by atoms with E-state index in [1.54, 1.807) is 38.1 Å². The summed E-state index contributed by atoms with van der Waals surface area (Å²) in [5, 5.41) is 15.8. The van der Waals surface area contributed by atoms with Gasteiger partial charge in [-0.25, -0.2) is 5.43 Å². The number of amides is 1. The number of nitrogens with zero attached hydrogens (tertiary/aromatic N) is 2. The molecule has 0 heterocycles. The van der Waals surface area contributed by atoms with Gasteiger partial charge >= 0.3 is 0 Å². The van der Waals surface area contributed by atoms with Gasteiger partial charge in [-0.05, 0) is 38.1 Å². The van der Waals surface area contributed by atoms with E-state index in [0.29, 0.717) is 22.0 Å². The van der Waals surface area contributed by atoms with Crippen molar-refractivity contribution >= 4 is 28.9 Å². The highest BCUT2D eigenvalue weighted by atomic mass is 35.5. The number of benzene rings is 1. The summed E-state index contributed by atoms with van der Waals surface area (Å²) in [5.74, 6) is -0.355. The number of halogens is 1. The second-order valence-electron chi connectivity index (χ2n) is 3.33. The molecule has 0 radical (unpaired) electrons. The maximum absolute atomic E-state index is 11.6. The van der Waals surface area contributed by atoms with Gasteiger partial charge in [-0.15, -0.1) is 0 Å². The fraction of sp³-hybridized carbons (Fsp3) is 0.182. The van der Waals surface area contributed by atoms with Crippen LogP contribution in [0.1, 0.15) is 24.2 Å². The molecule has 0 saturated heterocycles. The summed E-state index contributed by atoms with van der Waals surface area (Å²) >= 11 is 5.70. The van der Waals surface area contributed by atoms with Crippen molar-refractivity contribution in [3.8, 4) is 0 Å². The lowest BCUT2D eigenvalue weighted by Crippen LogP contribution is -2.21. The Kier molecular flexibility index (Phi) is 4.66. The Morgan fingerprint density at radius 1 is 1.24 bits per heavy atom. The van der Waals surface area contributed by atoms with Gasteiger partial charge < -0.3 is 5.21 Å². The Hall–Kier alpha value is -1.88. The molecule has 1 aromatic rings. The van der Waals surface area contributed by atoms with Crippen molar-refractivity contribution < 1.29 is 10.0 Å². The first-order valence-corrected chi connectivity index (χ1v) is 5.21. The zero-order valence-corrected chi connectivity index (χ0v) is 10.2. The maximum Gasteiger partial charge on any atom is 0.271 e. The van der Waals surface area contributed by atoms with Gasteiger partial charge in [-0.1, -0.05) is 16.8 Å². The molecule has 90 valence electrons. The molecule has 0 bridgehead atoms. The van der Waals surface area contributed by atoms with E-state index in [1.807, 2.05) is 0 Å². The van der Waals surface area contributed by atoms with Gasteiger partial charge in [0.1, 0.15) is 0 Å². The van der Waals surface area contributed by atoms with Crippen molar-refractivity contribution in [1.29, 1.82) is 0 Å². The highest BCUT2D eigenvalue weighted by Gasteiger charge is 2.04. The first-order chi connectivity index (χ1) is 8.04. The van der Waals surface area contributed by atoms with Gasteiger partial charge in [0.15, 0.2) is 0 Å². The van der Waals surface area contributed by atoms with Crippen molar-refractivity contribution in [3.05, 3.63) is 34.9 Å². The van der Waals surface area contributed by atoms with E-state index in [0.717, 1.165) is 0 Å². The van der Waals surface area contributed by atoms with E-state index in [4.69, 9.17) is 16.8 Å². The minimum absolute atomic E-state index is 0.335. The third-order valence-corrected chi connectivity index (χ3v) is 2.36. The van der Waals surface area contributed by atoms with Crippen LogP contribution >= 0.6 is 11.6 Å². The number of oxime groups is 1. The third-order valence-electron chi connectivity index (χ3n) is 2.11. The van der Waals surface area contributed by atoms with Crippen LogP contribution in [0, 0.1) is 0 Å². The summed E-state index contributed by atoms with van der Waals surface area (Å²) in [6.07, 6.45) is 0. The van der Waals surface area contributed by atoms with Crippen molar-refractivity contribution in [2.45, 2.75) is 13.8 Å². The Labute approximate surface area is 104 Å². The topological polar surface area (TPSA) is 74.1 Å². The molecule has 0 aromatic heterocycles. The van der Waals surface area contributed by atoms with Crippen molar-refractivity contribution in [2.24, 2.45) is 10.3 Å². The summed E-state index contributed by atoms with van der Waals surface area (Å²) in [7, 11) is 0. The number of hydrogen-bond acceptors (Lipinski definition) is 4. The van der Waals surface area contributed by atoms with Crippen LogP contribution in [0.3, 0.4) is 0 Å². The Morgan fingerprint density at radius 2 is 1.82 bits per heavy atom. The second kappa shape index (κ2) is 6.00. The molecule has 5 nitrogen and oxygen atoms in total. The van der Waals surface area contributed by atoms with E-state index in [9.17, 15) is 4.79 Å². The molecule has 0 aliphatic carbocycles. The predicted molar refractivity (Wildman–Crippen MR) is 66.9 cm³/mol. The lowest BCUT2D eigenvalue weighted by atomic mass is 10.2. The monoisotopic (exact) mass is 253 g/mol. The zero-order chi connectivity index (χ0) is 12.8. The molecular weight excluding hydrogens is 242 g/mol. The molecule has 0 aliphatic heterocycles. The summed E-state index contributed by atoms with van der Waals surface area (Å²) < 4.78 is 0. The molecule has 0 unspecified atom stereocenters. The van der Waals surface area contributed by atoms with Gasteiger partial charge in [0.05, 0.1) is 11.4 Å². The maximum atomic E-state index is 11.6. The minimum atomic E-state index is -0.355. The summed E-state index contributed by atoms with van der Waals surface area (Å²) in [6, 6.07) is 6.42. The van der Waals surface area contributed by atoms with Gasteiger partial charge in [0, 0.05) is 10.6 Å². The van der Waals surface area contributed by atoms with E-state index in [2.05, 4.69) is 15.7 Å². The molecule has 1 rings (SSSR count). The largest absolute Gasteiger partial charge is 0.411 e. The predicted octanol–water partition coefficient (Wildman–Crippen LogP) is 2.30. The van der Waals surface area contributed by atoms with Crippen molar-refractivity contribution in [1.82, 2.24) is 5.43 Å². The number of hydrazone groups is 1. The number of carbonyl (C=O) groups excluding carboxylic acids is 1. The molecule has 1 amide bonds. The molecule has 0 atom stereocenters. The molecule has 17 heavy (non-hydrogen) atoms. The Morgan fingerprint density at radius 3 is 2.35 bits per heavy atom. The molecule has 0 saturated carbocycles. The van der Waals surface area contributed by atoms with Gasteiger partial charge in [0.25, 0.3) is 5.91 Å². The Bertz CT molecular complexity index is 466. The van der Waals surface area contributed by atoms with Crippen LogP contribution in [0.5, 0.6) is 0 Å². The smallest absolute Gasteiger partial charge is 0.271 e. The Balaban J connectivity index is 2.71. The first kappa shape index (κ1) is 13.2. The molecule has 1 aromatic carbocycles. The van der Waals surface area contributed by atoms with Crippen LogP contribution in [-0.4, -0.2) is 22.5 Å². The molecule has 2 N–H and O–H groups in total. The SMILES string of the molecule is CC(=NO)C(C)=NNC(=O)c1ccc(Cl)cc1. The average molecular weight is 254 g/mol. The van der Waals surface area contributed by atoms with Gasteiger partial charge in [-0.2, -0.15) is 5.10 Å². The van der Waals surface area contributed by atoms with E-state index in [1.165, 1.54) is 0 Å². The molecule has 6 heteroatoms. The molecular formula is C11H12ClN3O2. The number of carbonyl (C=O) groups is 1. The van der Waals surface area contributed by atoms with Crippen LogP contribution in [-0.2, 0) is 0 Å². The molecule has 0 aliphatic rings. The lowest BCUT2D eigenvalue weighted by Gasteiger charge is -2.01. The zero-order valence-electron chi connectivity index (χ0n) is 9.44. The molecule has 0 spiro atoms. The fourth-order valence-corrected chi connectivity index (χ4v) is 1.08. The van der Waals surface area contributed by atoms with Gasteiger partial charge in [-0.3, -0.25) is 4.79 Å². The summed E-state index contributed by atoms with van der Waals surface area (Å²) in [4.78, 5) is 11.6. The van der Waals surface area contributed by atoms with Crippen molar-refractivity contribution in [3.63, 3.8) is 0 Å². The number of rotatable bonds is 3. The highest BCUT2D eigenvalue weighted by molar-refractivity contribution is 6.40. The van der Waals surface area contributed by atoms with Crippen LogP contribution < -0.4 is 5.43 Å². The van der Waals surface area contributed by atoms with Crippen molar-refractivity contribution in [2.75, 3.05) is 0 Å². The average Bonchev–Trinajstić information content (AvgIpc) is 2.35. The highest BCUT2D eigenvalue weighted by Crippen LogP contribution is 2.09. The minimum Gasteiger partial charge on any atom is -0.411 e. The summed E-state index contributed by atoms with van der Waals surface area (Å²) in [6.45, 7) is 3.20. The standard InChI is InChI=1S/C11H12ClN3O2/c1-7(8(2)15-17)13-14-11(16)9-3-5-10(12)6-4-9/h3-6,17H,1-2H3,(H,14,16). The van der Waals surface area contributed by atoms with Crippen LogP contribution in [0.25, 0.3) is 0 Å². The quantitative estimate of drug-likeness (QED) is 0.493. The first-order valence-electron chi connectivity index (χ1n) is 4.84. The van der Waals surface area contributed by atoms with Crippen LogP contribution in [0.4, 0.5) is 0 Å². The van der Waals surface area contributed by atoms with E-state index in [-0.39, 0.29) is 5.91 Å². The third kappa shape index (κ3) is 3.88. The van der Waals surface area contributed by atoms with Gasteiger partial charge in [0.2, 0.25) is 0 Å². The second-order valence-corrected chi connectivity index (χ2v) is 3.77. The summed E-state index contributed by atoms with van der Waals surface area (Å²) in [5.41, 5.74) is 3.56. The van der Waals surface area contributed by atoms with E-state index < -0.39 is 0 Å². The fourth-order valence-electron chi connectivity index (χ4n) is 0.954. The number of hydrogen-bond donors (Lipinski definition) is 2. The lowest BCUT2D eigenvalue weighted by molar-refractivity contribution is 0.0955. The van der Waals surface area contributed by atoms with E-state index >= 15 is 0 Å². The van der Waals surface area contributed by atoms with Crippen LogP contribution in [0.2, 0.25) is 5.02 Å². The number of nitrogens with one attached hydrogen (secondary N) is 1. The van der Waals surface area contributed by atoms with Crippen LogP contribution in [0.15, 0.2) is 34.5 Å².